The highest BCUT2D eigenvalue weighted by Gasteiger charge is 2.14. The lowest BCUT2D eigenvalue weighted by molar-refractivity contribution is -0.121. The molecule has 0 spiro atoms. The number of imidazole rings is 1. The summed E-state index contributed by atoms with van der Waals surface area (Å²) < 4.78 is 1.85. The number of alkyl halides is 1. The van der Waals surface area contributed by atoms with Gasteiger partial charge in [-0.05, 0) is 25.0 Å². The van der Waals surface area contributed by atoms with Gasteiger partial charge in [0, 0.05) is 25.0 Å². The second-order valence-electron chi connectivity index (χ2n) is 4.76. The molecule has 2 heterocycles. The zero-order valence-corrected chi connectivity index (χ0v) is 12.6. The Bertz CT molecular complexity index is 608. The third kappa shape index (κ3) is 3.28. The van der Waals surface area contributed by atoms with E-state index in [2.05, 4.69) is 15.3 Å². The van der Waals surface area contributed by atoms with Gasteiger partial charge in [0.25, 0.3) is 0 Å². The van der Waals surface area contributed by atoms with Crippen molar-refractivity contribution in [1.82, 2.24) is 19.9 Å². The number of pyridine rings is 1. The molecule has 0 unspecified atom stereocenters. The van der Waals surface area contributed by atoms with Crippen LogP contribution in [0.5, 0.6) is 0 Å². The quantitative estimate of drug-likeness (QED) is 0.830. The van der Waals surface area contributed by atoms with Gasteiger partial charge in [0.2, 0.25) is 5.91 Å². The first-order valence-electron chi connectivity index (χ1n) is 6.80. The third-order valence-corrected chi connectivity index (χ3v) is 3.18. The average molecular weight is 295 g/mol. The Labute approximate surface area is 123 Å². The minimum atomic E-state index is -0.0238. The number of carbonyl (C=O) groups excluding carboxylic acids is 1. The lowest BCUT2D eigenvalue weighted by atomic mass is 10.3. The van der Waals surface area contributed by atoms with Crippen molar-refractivity contribution in [2.75, 3.05) is 12.4 Å². The summed E-state index contributed by atoms with van der Waals surface area (Å²) in [5.41, 5.74) is 2.60. The molecule has 6 heteroatoms. The first-order chi connectivity index (χ1) is 9.65. The van der Waals surface area contributed by atoms with Gasteiger partial charge >= 0.3 is 0 Å². The van der Waals surface area contributed by atoms with Crippen molar-refractivity contribution in [3.05, 3.63) is 23.7 Å². The van der Waals surface area contributed by atoms with Gasteiger partial charge in [-0.3, -0.25) is 4.79 Å². The molecule has 0 saturated heterocycles. The highest BCUT2D eigenvalue weighted by Crippen LogP contribution is 2.16. The van der Waals surface area contributed by atoms with Crippen molar-refractivity contribution in [2.45, 2.75) is 33.2 Å². The van der Waals surface area contributed by atoms with Gasteiger partial charge in [-0.15, -0.1) is 11.6 Å². The van der Waals surface area contributed by atoms with Crippen LogP contribution in [0, 0.1) is 6.92 Å². The van der Waals surface area contributed by atoms with Gasteiger partial charge in [-0.25, -0.2) is 9.97 Å². The molecule has 0 aliphatic carbocycles. The highest BCUT2D eigenvalue weighted by molar-refractivity contribution is 6.17. The van der Waals surface area contributed by atoms with Gasteiger partial charge in [-0.2, -0.15) is 0 Å². The summed E-state index contributed by atoms with van der Waals surface area (Å²) in [5, 5.41) is 2.87. The molecule has 1 N–H and O–H groups in total. The number of rotatable bonds is 6. The average Bonchev–Trinajstić information content (AvgIpc) is 2.74. The Kier molecular flexibility index (Phi) is 4.95. The van der Waals surface area contributed by atoms with Crippen LogP contribution in [0.25, 0.3) is 11.2 Å². The van der Waals surface area contributed by atoms with Crippen LogP contribution < -0.4 is 5.32 Å². The third-order valence-electron chi connectivity index (χ3n) is 2.99. The predicted octanol–water partition coefficient (Wildman–Crippen LogP) is 2.05. The lowest BCUT2D eigenvalue weighted by Crippen LogP contribution is -2.28. The predicted molar refractivity (Wildman–Crippen MR) is 80.0 cm³/mol. The van der Waals surface area contributed by atoms with E-state index < -0.39 is 0 Å². The highest BCUT2D eigenvalue weighted by atomic mass is 35.5. The van der Waals surface area contributed by atoms with Crippen molar-refractivity contribution in [3.8, 4) is 0 Å². The van der Waals surface area contributed by atoms with Gasteiger partial charge in [0.05, 0.1) is 0 Å². The minimum absolute atomic E-state index is 0.0238. The molecule has 0 aromatic carbocycles. The van der Waals surface area contributed by atoms with Gasteiger partial charge in [0.1, 0.15) is 17.9 Å². The molecule has 0 atom stereocenters. The number of nitrogens with one attached hydrogen (secondary N) is 1. The van der Waals surface area contributed by atoms with Crippen molar-refractivity contribution in [2.24, 2.45) is 0 Å². The first kappa shape index (κ1) is 14.8. The molecular formula is C14H19ClN4O. The SMILES string of the molecule is CCCNC(=O)Cn1c(CCCl)nc2cc(C)cnc21. The number of aryl methyl sites for hydroxylation is 2. The second kappa shape index (κ2) is 6.70. The minimum Gasteiger partial charge on any atom is -0.355 e. The number of aromatic nitrogens is 3. The molecule has 20 heavy (non-hydrogen) atoms. The van der Waals surface area contributed by atoms with Gasteiger partial charge < -0.3 is 9.88 Å². The fourth-order valence-electron chi connectivity index (χ4n) is 2.06. The fraction of sp³-hybridized carbons (Fsp3) is 0.500. The van der Waals surface area contributed by atoms with Crippen LogP contribution in [0.1, 0.15) is 24.7 Å². The van der Waals surface area contributed by atoms with E-state index in [1.807, 2.05) is 24.5 Å². The van der Waals surface area contributed by atoms with Crippen LogP contribution in [0.15, 0.2) is 12.3 Å². The van der Waals surface area contributed by atoms with E-state index in [0.717, 1.165) is 29.0 Å². The molecule has 1 amide bonds. The maximum absolute atomic E-state index is 11.9. The van der Waals surface area contributed by atoms with E-state index in [-0.39, 0.29) is 12.5 Å². The van der Waals surface area contributed by atoms with Gasteiger partial charge in [0.15, 0.2) is 5.65 Å². The van der Waals surface area contributed by atoms with Crippen molar-refractivity contribution in [3.63, 3.8) is 0 Å². The number of fused-ring (bicyclic) bond motifs is 1. The molecular weight excluding hydrogens is 276 g/mol. The van der Waals surface area contributed by atoms with E-state index in [9.17, 15) is 4.79 Å². The molecule has 2 rings (SSSR count). The van der Waals surface area contributed by atoms with E-state index in [4.69, 9.17) is 11.6 Å². The fourth-order valence-corrected chi connectivity index (χ4v) is 2.23. The van der Waals surface area contributed by atoms with Gasteiger partial charge in [-0.1, -0.05) is 6.92 Å². The van der Waals surface area contributed by atoms with Crippen LogP contribution in [0.3, 0.4) is 0 Å². The Morgan fingerprint density at radius 3 is 3.00 bits per heavy atom. The lowest BCUT2D eigenvalue weighted by Gasteiger charge is -2.08. The smallest absolute Gasteiger partial charge is 0.240 e. The Balaban J connectivity index is 2.33. The molecule has 108 valence electrons. The molecule has 0 aliphatic heterocycles. The maximum Gasteiger partial charge on any atom is 0.240 e. The molecule has 2 aromatic heterocycles. The number of halogens is 1. The normalized spacial score (nSPS) is 10.9. The number of amides is 1. The van der Waals surface area contributed by atoms with Crippen molar-refractivity contribution >= 4 is 28.7 Å². The zero-order chi connectivity index (χ0) is 14.5. The standard InChI is InChI=1S/C14H19ClN4O/c1-3-6-16-13(20)9-19-12(4-5-15)18-11-7-10(2)8-17-14(11)19/h7-8H,3-6,9H2,1-2H3,(H,16,20). The molecule has 0 aliphatic rings. The van der Waals surface area contributed by atoms with Crippen LogP contribution in [-0.4, -0.2) is 32.9 Å². The second-order valence-corrected chi connectivity index (χ2v) is 5.14. The van der Waals surface area contributed by atoms with Crippen molar-refractivity contribution < 1.29 is 4.79 Å². The summed E-state index contributed by atoms with van der Waals surface area (Å²) >= 11 is 5.81. The topological polar surface area (TPSA) is 59.8 Å². The summed E-state index contributed by atoms with van der Waals surface area (Å²) in [6, 6.07) is 1.97. The van der Waals surface area contributed by atoms with E-state index in [1.165, 1.54) is 0 Å². The first-order valence-corrected chi connectivity index (χ1v) is 7.33. The van der Waals surface area contributed by atoms with Crippen LogP contribution >= 0.6 is 11.6 Å². The number of hydrogen-bond acceptors (Lipinski definition) is 3. The molecule has 2 aromatic rings. The Morgan fingerprint density at radius 1 is 1.50 bits per heavy atom. The monoisotopic (exact) mass is 294 g/mol. The maximum atomic E-state index is 11.9. The van der Waals surface area contributed by atoms with Crippen molar-refractivity contribution in [1.29, 1.82) is 0 Å². The van der Waals surface area contributed by atoms with Crippen LogP contribution in [0.4, 0.5) is 0 Å². The number of carbonyl (C=O) groups is 1. The number of hydrogen-bond donors (Lipinski definition) is 1. The van der Waals surface area contributed by atoms with E-state index >= 15 is 0 Å². The summed E-state index contributed by atoms with van der Waals surface area (Å²) in [4.78, 5) is 20.8. The summed E-state index contributed by atoms with van der Waals surface area (Å²) in [6.07, 6.45) is 3.33. The molecule has 0 saturated carbocycles. The zero-order valence-electron chi connectivity index (χ0n) is 11.8. The Morgan fingerprint density at radius 2 is 2.30 bits per heavy atom. The summed E-state index contributed by atoms with van der Waals surface area (Å²) in [5.74, 6) is 1.25. The van der Waals surface area contributed by atoms with E-state index in [0.29, 0.717) is 18.8 Å². The molecule has 0 radical (unpaired) electrons. The summed E-state index contributed by atoms with van der Waals surface area (Å²) in [6.45, 7) is 4.92. The molecule has 5 nitrogen and oxygen atoms in total. The largest absolute Gasteiger partial charge is 0.355 e. The molecule has 0 fully saturated rings. The van der Waals surface area contributed by atoms with Crippen LogP contribution in [0.2, 0.25) is 0 Å². The van der Waals surface area contributed by atoms with E-state index in [1.54, 1.807) is 6.20 Å². The number of nitrogens with zero attached hydrogens (tertiary/aromatic N) is 3. The molecule has 0 bridgehead atoms. The summed E-state index contributed by atoms with van der Waals surface area (Å²) in [7, 11) is 0. The Hall–Kier alpha value is -1.62. The van der Waals surface area contributed by atoms with Crippen LogP contribution in [-0.2, 0) is 17.8 Å².